The second kappa shape index (κ2) is 8.52. The zero-order valence-corrected chi connectivity index (χ0v) is 17.6. The van der Waals surface area contributed by atoms with Crippen LogP contribution < -0.4 is 5.32 Å². The summed E-state index contributed by atoms with van der Waals surface area (Å²) in [6, 6.07) is 10.0. The zero-order valence-electron chi connectivity index (χ0n) is 16.8. The highest BCUT2D eigenvalue weighted by Gasteiger charge is 2.29. The Labute approximate surface area is 178 Å². The molecular formula is C20H21FN6O3S. The van der Waals surface area contributed by atoms with Gasteiger partial charge in [0.05, 0.1) is 10.5 Å². The molecule has 31 heavy (non-hydrogen) atoms. The van der Waals surface area contributed by atoms with E-state index in [-0.39, 0.29) is 21.8 Å². The lowest BCUT2D eigenvalue weighted by Crippen LogP contribution is -2.36. The van der Waals surface area contributed by atoms with Crippen molar-refractivity contribution in [2.45, 2.75) is 31.1 Å². The van der Waals surface area contributed by atoms with Crippen molar-refractivity contribution in [2.75, 3.05) is 18.4 Å². The molecule has 0 unspecified atom stereocenters. The summed E-state index contributed by atoms with van der Waals surface area (Å²) in [4.78, 5) is 12.9. The minimum atomic E-state index is -3.80. The molecule has 1 N–H and O–H groups in total. The maximum Gasteiger partial charge on any atom is 0.257 e. The SMILES string of the molecule is Cc1nnnn1-c1cc(NC(=O)c2ccccc2S(=O)(=O)N2CCCCC2)ccc1F. The third-order valence-corrected chi connectivity index (χ3v) is 7.08. The molecule has 1 fully saturated rings. The van der Waals surface area contributed by atoms with Gasteiger partial charge in [0.2, 0.25) is 10.0 Å². The second-order valence-corrected chi connectivity index (χ2v) is 9.13. The molecule has 1 aromatic heterocycles. The van der Waals surface area contributed by atoms with E-state index < -0.39 is 21.7 Å². The van der Waals surface area contributed by atoms with E-state index in [0.29, 0.717) is 18.9 Å². The number of nitrogens with one attached hydrogen (secondary N) is 1. The number of sulfonamides is 1. The molecule has 4 rings (SSSR count). The molecule has 0 bridgehead atoms. The molecule has 1 aliphatic heterocycles. The van der Waals surface area contributed by atoms with E-state index in [1.54, 1.807) is 19.1 Å². The Balaban J connectivity index is 1.64. The summed E-state index contributed by atoms with van der Waals surface area (Å²) in [5.74, 6) is -0.802. The lowest BCUT2D eigenvalue weighted by molar-refractivity contribution is 0.102. The number of anilines is 1. The van der Waals surface area contributed by atoms with Gasteiger partial charge in [-0.15, -0.1) is 5.10 Å². The number of piperidine rings is 1. The summed E-state index contributed by atoms with van der Waals surface area (Å²) >= 11 is 0. The molecule has 1 amide bonds. The summed E-state index contributed by atoms with van der Waals surface area (Å²) in [7, 11) is -3.80. The monoisotopic (exact) mass is 444 g/mol. The van der Waals surface area contributed by atoms with E-state index in [4.69, 9.17) is 0 Å². The first-order valence-corrected chi connectivity index (χ1v) is 11.3. The highest BCUT2D eigenvalue weighted by atomic mass is 32.2. The number of aromatic nitrogens is 4. The normalized spacial score (nSPS) is 15.0. The van der Waals surface area contributed by atoms with Crippen LogP contribution in [0.2, 0.25) is 0 Å². The van der Waals surface area contributed by atoms with E-state index in [9.17, 15) is 17.6 Å². The van der Waals surface area contributed by atoms with Crippen LogP contribution in [-0.4, -0.2) is 51.9 Å². The number of carbonyl (C=O) groups is 1. The van der Waals surface area contributed by atoms with Crippen molar-refractivity contribution in [2.24, 2.45) is 0 Å². The van der Waals surface area contributed by atoms with Crippen molar-refractivity contribution in [3.8, 4) is 5.69 Å². The van der Waals surface area contributed by atoms with Gasteiger partial charge in [-0.05, 0) is 60.5 Å². The standard InChI is InChI=1S/C20H21FN6O3S/c1-14-23-24-25-27(14)18-13-15(9-10-17(18)21)22-20(28)16-7-3-4-8-19(16)31(29,30)26-11-5-2-6-12-26/h3-4,7-10,13H,2,5-6,11-12H2,1H3,(H,22,28). The first kappa shape index (κ1) is 21.1. The van der Waals surface area contributed by atoms with Gasteiger partial charge in [-0.25, -0.2) is 12.8 Å². The molecule has 0 radical (unpaired) electrons. The van der Waals surface area contributed by atoms with Crippen molar-refractivity contribution in [1.29, 1.82) is 0 Å². The van der Waals surface area contributed by atoms with Gasteiger partial charge in [-0.2, -0.15) is 8.99 Å². The van der Waals surface area contributed by atoms with Crippen LogP contribution >= 0.6 is 0 Å². The first-order chi connectivity index (χ1) is 14.9. The van der Waals surface area contributed by atoms with Crippen LogP contribution in [0.4, 0.5) is 10.1 Å². The largest absolute Gasteiger partial charge is 0.322 e. The Hall–Kier alpha value is -3.18. The van der Waals surface area contributed by atoms with Crippen LogP contribution in [0.5, 0.6) is 0 Å². The highest BCUT2D eigenvalue weighted by Crippen LogP contribution is 2.25. The minimum absolute atomic E-state index is 0.0255. The molecule has 0 aliphatic carbocycles. The van der Waals surface area contributed by atoms with Crippen molar-refractivity contribution in [1.82, 2.24) is 24.5 Å². The number of carbonyl (C=O) groups excluding carboxylic acids is 1. The third kappa shape index (κ3) is 4.19. The van der Waals surface area contributed by atoms with E-state index in [1.807, 2.05) is 0 Å². The summed E-state index contributed by atoms with van der Waals surface area (Å²) in [6.45, 7) is 2.49. The molecule has 0 saturated carbocycles. The van der Waals surface area contributed by atoms with Crippen molar-refractivity contribution >= 4 is 21.6 Å². The highest BCUT2D eigenvalue weighted by molar-refractivity contribution is 7.89. The van der Waals surface area contributed by atoms with Crippen LogP contribution in [0, 0.1) is 12.7 Å². The fourth-order valence-corrected chi connectivity index (χ4v) is 5.24. The van der Waals surface area contributed by atoms with E-state index in [0.717, 1.165) is 19.3 Å². The Morgan fingerprint density at radius 2 is 1.84 bits per heavy atom. The number of halogens is 1. The molecule has 3 aromatic rings. The Morgan fingerprint density at radius 3 is 2.55 bits per heavy atom. The average molecular weight is 444 g/mol. The fraction of sp³-hybridized carbons (Fsp3) is 0.300. The first-order valence-electron chi connectivity index (χ1n) is 9.83. The number of hydrogen-bond donors (Lipinski definition) is 1. The molecule has 0 spiro atoms. The number of benzene rings is 2. The van der Waals surface area contributed by atoms with E-state index >= 15 is 0 Å². The Kier molecular flexibility index (Phi) is 5.79. The van der Waals surface area contributed by atoms with E-state index in [1.165, 1.54) is 39.3 Å². The lowest BCUT2D eigenvalue weighted by Gasteiger charge is -2.26. The van der Waals surface area contributed by atoms with Crippen LogP contribution in [-0.2, 0) is 10.0 Å². The van der Waals surface area contributed by atoms with Crippen molar-refractivity contribution < 1.29 is 17.6 Å². The molecule has 9 nitrogen and oxygen atoms in total. The van der Waals surface area contributed by atoms with Gasteiger partial charge in [0.1, 0.15) is 11.5 Å². The molecular weight excluding hydrogens is 423 g/mol. The third-order valence-electron chi connectivity index (χ3n) is 5.12. The predicted octanol–water partition coefficient (Wildman–Crippen LogP) is 2.54. The number of nitrogens with zero attached hydrogens (tertiary/aromatic N) is 5. The van der Waals surface area contributed by atoms with Gasteiger partial charge in [0.25, 0.3) is 5.91 Å². The Bertz CT molecular complexity index is 1220. The van der Waals surface area contributed by atoms with Crippen LogP contribution in [0.25, 0.3) is 5.69 Å². The van der Waals surface area contributed by atoms with Crippen LogP contribution in [0.15, 0.2) is 47.4 Å². The van der Waals surface area contributed by atoms with Crippen molar-refractivity contribution in [3.05, 3.63) is 59.7 Å². The molecule has 1 saturated heterocycles. The summed E-state index contributed by atoms with van der Waals surface area (Å²) in [5, 5.41) is 13.6. The van der Waals surface area contributed by atoms with Crippen LogP contribution in [0.1, 0.15) is 35.4 Å². The molecule has 11 heteroatoms. The van der Waals surface area contributed by atoms with E-state index in [2.05, 4.69) is 20.8 Å². The van der Waals surface area contributed by atoms with Crippen molar-refractivity contribution in [3.63, 3.8) is 0 Å². The van der Waals surface area contributed by atoms with Gasteiger partial charge < -0.3 is 5.32 Å². The zero-order chi connectivity index (χ0) is 22.0. The quantitative estimate of drug-likeness (QED) is 0.648. The van der Waals surface area contributed by atoms with Gasteiger partial charge >= 0.3 is 0 Å². The average Bonchev–Trinajstić information content (AvgIpc) is 3.21. The summed E-state index contributed by atoms with van der Waals surface area (Å²) < 4.78 is 43.2. The number of tetrazole rings is 1. The van der Waals surface area contributed by atoms with Gasteiger partial charge in [0.15, 0.2) is 5.82 Å². The van der Waals surface area contributed by atoms with Gasteiger partial charge in [-0.3, -0.25) is 4.79 Å². The molecule has 2 heterocycles. The molecule has 0 atom stereocenters. The Morgan fingerprint density at radius 1 is 1.10 bits per heavy atom. The summed E-state index contributed by atoms with van der Waals surface area (Å²) in [6.07, 6.45) is 2.58. The molecule has 2 aromatic carbocycles. The van der Waals surface area contributed by atoms with Gasteiger partial charge in [0, 0.05) is 18.8 Å². The number of amides is 1. The molecule has 1 aliphatic rings. The smallest absolute Gasteiger partial charge is 0.257 e. The summed E-state index contributed by atoms with van der Waals surface area (Å²) in [5.41, 5.74) is 0.369. The topological polar surface area (TPSA) is 110 Å². The number of rotatable bonds is 5. The van der Waals surface area contributed by atoms with Gasteiger partial charge in [-0.1, -0.05) is 18.6 Å². The second-order valence-electron chi connectivity index (χ2n) is 7.22. The fourth-order valence-electron chi connectivity index (χ4n) is 3.53. The maximum atomic E-state index is 14.3. The number of aryl methyl sites for hydroxylation is 1. The predicted molar refractivity (Wildman–Crippen MR) is 111 cm³/mol. The minimum Gasteiger partial charge on any atom is -0.322 e. The van der Waals surface area contributed by atoms with Crippen LogP contribution in [0.3, 0.4) is 0 Å². The number of hydrogen-bond acceptors (Lipinski definition) is 6. The lowest BCUT2D eigenvalue weighted by atomic mass is 10.2. The molecule has 162 valence electrons. The maximum absolute atomic E-state index is 14.3.